The molecular formula is C38H37N. The Labute approximate surface area is 232 Å². The number of benzene rings is 5. The second-order valence-corrected chi connectivity index (χ2v) is 12.1. The predicted octanol–water partition coefficient (Wildman–Crippen LogP) is 10.1. The molecule has 0 radical (unpaired) electrons. The van der Waals surface area contributed by atoms with Gasteiger partial charge in [0.05, 0.1) is 11.0 Å². The molecular weight excluding hydrogens is 470 g/mol. The molecule has 0 spiro atoms. The first kappa shape index (κ1) is 25.2. The minimum atomic E-state index is -0.162. The summed E-state index contributed by atoms with van der Waals surface area (Å²) in [5.41, 5.74) is 11.2. The Morgan fingerprint density at radius 2 is 0.846 bits per heavy atom. The molecule has 39 heavy (non-hydrogen) atoms. The van der Waals surface area contributed by atoms with E-state index in [2.05, 4.69) is 161 Å². The minimum absolute atomic E-state index is 0.162. The van der Waals surface area contributed by atoms with Crippen molar-refractivity contribution in [1.29, 1.82) is 0 Å². The van der Waals surface area contributed by atoms with Crippen molar-refractivity contribution in [3.8, 4) is 5.69 Å². The lowest BCUT2D eigenvalue weighted by Gasteiger charge is -2.32. The first-order chi connectivity index (χ1) is 18.7. The van der Waals surface area contributed by atoms with Crippen LogP contribution in [0.15, 0.2) is 115 Å². The molecule has 1 nitrogen and oxygen atoms in total. The second kappa shape index (κ2) is 9.27. The molecule has 0 aliphatic rings. The highest BCUT2D eigenvalue weighted by molar-refractivity contribution is 6.09. The SMILES string of the molecule is Cc1ccc2c(c1)c1cc(C)ccc1n2-c1cc(C(C)(C)c2ccccc2)cc(C(C)(C)c2ccccc2)c1. The van der Waals surface area contributed by atoms with Gasteiger partial charge in [0.2, 0.25) is 0 Å². The van der Waals surface area contributed by atoms with Gasteiger partial charge in [0.25, 0.3) is 0 Å². The summed E-state index contributed by atoms with van der Waals surface area (Å²) in [6.45, 7) is 13.8. The zero-order valence-electron chi connectivity index (χ0n) is 23.9. The zero-order chi connectivity index (χ0) is 27.4. The third-order valence-corrected chi connectivity index (χ3v) is 8.69. The summed E-state index contributed by atoms with van der Waals surface area (Å²) < 4.78 is 2.47. The maximum absolute atomic E-state index is 2.47. The molecule has 0 unspecified atom stereocenters. The first-order valence-electron chi connectivity index (χ1n) is 14.0. The standard InChI is InChI=1S/C38H37N/c1-26-17-19-35-33(21-26)34-22-27(2)18-20-36(34)39(35)32-24-30(37(3,4)28-13-9-7-10-14-28)23-31(25-32)38(5,6)29-15-11-8-12-16-29/h7-25H,1-6H3. The van der Waals surface area contributed by atoms with Crippen molar-refractivity contribution in [1.82, 2.24) is 4.57 Å². The van der Waals surface area contributed by atoms with Crippen LogP contribution in [0.25, 0.3) is 27.5 Å². The average molecular weight is 508 g/mol. The highest BCUT2D eigenvalue weighted by atomic mass is 15.0. The molecule has 0 aliphatic carbocycles. The third kappa shape index (κ3) is 4.27. The monoisotopic (exact) mass is 507 g/mol. The van der Waals surface area contributed by atoms with Crippen LogP contribution in [0.5, 0.6) is 0 Å². The van der Waals surface area contributed by atoms with Gasteiger partial charge in [-0.2, -0.15) is 0 Å². The molecule has 6 aromatic rings. The van der Waals surface area contributed by atoms with E-state index in [0.717, 1.165) is 0 Å². The molecule has 1 heterocycles. The molecule has 0 saturated carbocycles. The van der Waals surface area contributed by atoms with Crippen LogP contribution < -0.4 is 0 Å². The van der Waals surface area contributed by atoms with Crippen molar-refractivity contribution >= 4 is 21.8 Å². The van der Waals surface area contributed by atoms with Crippen LogP contribution in [0, 0.1) is 13.8 Å². The lowest BCUT2D eigenvalue weighted by atomic mass is 9.73. The number of fused-ring (bicyclic) bond motifs is 3. The molecule has 1 heteroatoms. The number of hydrogen-bond acceptors (Lipinski definition) is 0. The van der Waals surface area contributed by atoms with Gasteiger partial charge in [-0.1, -0.05) is 118 Å². The van der Waals surface area contributed by atoms with Gasteiger partial charge in [-0.25, -0.2) is 0 Å². The number of nitrogens with zero attached hydrogens (tertiary/aromatic N) is 1. The van der Waals surface area contributed by atoms with Crippen LogP contribution >= 0.6 is 0 Å². The summed E-state index contributed by atoms with van der Waals surface area (Å²) >= 11 is 0. The third-order valence-electron chi connectivity index (χ3n) is 8.69. The second-order valence-electron chi connectivity index (χ2n) is 12.1. The van der Waals surface area contributed by atoms with Crippen LogP contribution in [0.1, 0.15) is 61.1 Å². The number of aryl methyl sites for hydroxylation is 2. The Hall–Kier alpha value is -4.10. The molecule has 0 bridgehead atoms. The highest BCUT2D eigenvalue weighted by Gasteiger charge is 2.29. The molecule has 0 N–H and O–H groups in total. The summed E-state index contributed by atoms with van der Waals surface area (Å²) in [7, 11) is 0. The Morgan fingerprint density at radius 3 is 1.26 bits per heavy atom. The number of hydrogen-bond donors (Lipinski definition) is 0. The summed E-state index contributed by atoms with van der Waals surface area (Å²) in [5.74, 6) is 0. The van der Waals surface area contributed by atoms with Gasteiger partial charge < -0.3 is 4.57 Å². The van der Waals surface area contributed by atoms with Crippen LogP contribution in [0.4, 0.5) is 0 Å². The van der Waals surface area contributed by atoms with E-state index in [1.807, 2.05) is 0 Å². The van der Waals surface area contributed by atoms with Gasteiger partial charge in [-0.15, -0.1) is 0 Å². The normalized spacial score (nSPS) is 12.4. The molecule has 0 saturated heterocycles. The molecule has 1 aromatic heterocycles. The van der Waals surface area contributed by atoms with Gasteiger partial charge in [0, 0.05) is 27.3 Å². The Kier molecular flexibility index (Phi) is 5.99. The van der Waals surface area contributed by atoms with Crippen molar-refractivity contribution in [2.75, 3.05) is 0 Å². The summed E-state index contributed by atoms with van der Waals surface area (Å²) in [6.07, 6.45) is 0. The van der Waals surface area contributed by atoms with Crippen LogP contribution in [-0.2, 0) is 10.8 Å². The van der Waals surface area contributed by atoms with E-state index in [4.69, 9.17) is 0 Å². The van der Waals surface area contributed by atoms with E-state index in [-0.39, 0.29) is 10.8 Å². The number of aromatic nitrogens is 1. The van der Waals surface area contributed by atoms with E-state index in [9.17, 15) is 0 Å². The van der Waals surface area contributed by atoms with E-state index in [1.54, 1.807) is 0 Å². The molecule has 0 fully saturated rings. The van der Waals surface area contributed by atoms with Crippen LogP contribution in [0.3, 0.4) is 0 Å². The van der Waals surface area contributed by atoms with Crippen molar-refractivity contribution in [3.63, 3.8) is 0 Å². The van der Waals surface area contributed by atoms with E-state index >= 15 is 0 Å². The lowest BCUT2D eigenvalue weighted by Crippen LogP contribution is -2.23. The Morgan fingerprint density at radius 1 is 0.436 bits per heavy atom. The van der Waals surface area contributed by atoms with Crippen molar-refractivity contribution in [2.24, 2.45) is 0 Å². The van der Waals surface area contributed by atoms with Gasteiger partial charge in [-0.3, -0.25) is 0 Å². The first-order valence-corrected chi connectivity index (χ1v) is 14.0. The minimum Gasteiger partial charge on any atom is -0.309 e. The largest absolute Gasteiger partial charge is 0.309 e. The summed E-state index contributed by atoms with van der Waals surface area (Å²) in [5, 5.41) is 2.62. The fourth-order valence-electron chi connectivity index (χ4n) is 6.03. The fraction of sp³-hybridized carbons (Fsp3) is 0.211. The molecule has 194 valence electrons. The number of rotatable bonds is 5. The molecule has 6 rings (SSSR count). The fourth-order valence-corrected chi connectivity index (χ4v) is 6.03. The maximum Gasteiger partial charge on any atom is 0.0541 e. The van der Waals surface area contributed by atoms with E-state index < -0.39 is 0 Å². The molecule has 0 atom stereocenters. The zero-order valence-corrected chi connectivity index (χ0v) is 23.9. The van der Waals surface area contributed by atoms with Gasteiger partial charge in [0.15, 0.2) is 0 Å². The average Bonchev–Trinajstić information content (AvgIpc) is 3.26. The van der Waals surface area contributed by atoms with Crippen molar-refractivity contribution in [2.45, 2.75) is 52.4 Å². The Bertz CT molecular complexity index is 1670. The summed E-state index contributed by atoms with van der Waals surface area (Å²) in [4.78, 5) is 0. The highest BCUT2D eigenvalue weighted by Crippen LogP contribution is 2.41. The van der Waals surface area contributed by atoms with Crippen molar-refractivity contribution in [3.05, 3.63) is 149 Å². The smallest absolute Gasteiger partial charge is 0.0541 e. The summed E-state index contributed by atoms with van der Waals surface area (Å²) in [6, 6.07) is 42.8. The van der Waals surface area contributed by atoms with E-state index in [0.29, 0.717) is 0 Å². The molecule has 5 aromatic carbocycles. The van der Waals surface area contributed by atoms with Crippen LogP contribution in [0.2, 0.25) is 0 Å². The molecule has 0 amide bonds. The van der Waals surface area contributed by atoms with Crippen molar-refractivity contribution < 1.29 is 0 Å². The maximum atomic E-state index is 2.47. The van der Waals surface area contributed by atoms with Gasteiger partial charge in [0.1, 0.15) is 0 Å². The topological polar surface area (TPSA) is 4.93 Å². The van der Waals surface area contributed by atoms with E-state index in [1.165, 1.54) is 60.9 Å². The quantitative estimate of drug-likeness (QED) is 0.219. The lowest BCUT2D eigenvalue weighted by molar-refractivity contribution is 0.616. The van der Waals surface area contributed by atoms with Gasteiger partial charge >= 0.3 is 0 Å². The Balaban J connectivity index is 1.68. The molecule has 0 aliphatic heterocycles. The predicted molar refractivity (Wildman–Crippen MR) is 167 cm³/mol. The van der Waals surface area contributed by atoms with Crippen LogP contribution in [-0.4, -0.2) is 4.57 Å². The van der Waals surface area contributed by atoms with Gasteiger partial charge in [-0.05, 0) is 72.5 Å².